The summed E-state index contributed by atoms with van der Waals surface area (Å²) < 4.78 is 0. The van der Waals surface area contributed by atoms with Crippen molar-refractivity contribution < 1.29 is 5.11 Å². The molecule has 0 spiro atoms. The van der Waals surface area contributed by atoms with Crippen LogP contribution in [0.3, 0.4) is 0 Å². The lowest BCUT2D eigenvalue weighted by molar-refractivity contribution is 0.264. The zero-order valence-corrected chi connectivity index (χ0v) is 7.33. The average molecular weight is 187 g/mol. The monoisotopic (exact) mass is 186 g/mol. The molecule has 0 bridgehead atoms. The van der Waals surface area contributed by atoms with Gasteiger partial charge in [-0.2, -0.15) is 0 Å². The summed E-state index contributed by atoms with van der Waals surface area (Å²) in [5.74, 6) is 0. The molecule has 1 aromatic rings. The molecule has 0 aliphatic heterocycles. The highest BCUT2D eigenvalue weighted by molar-refractivity contribution is 6.29. The summed E-state index contributed by atoms with van der Waals surface area (Å²) >= 11 is 5.66. The first-order valence-electron chi connectivity index (χ1n) is 3.70. The van der Waals surface area contributed by atoms with Gasteiger partial charge in [0.1, 0.15) is 5.15 Å². The van der Waals surface area contributed by atoms with Gasteiger partial charge < -0.3 is 10.8 Å². The van der Waals surface area contributed by atoms with E-state index in [1.165, 1.54) is 0 Å². The molecule has 1 atom stereocenters. The molecule has 3 N–H and O–H groups in total. The van der Waals surface area contributed by atoms with Crippen LogP contribution in [0, 0.1) is 0 Å². The van der Waals surface area contributed by atoms with Crippen molar-refractivity contribution in [1.82, 2.24) is 4.98 Å². The Morgan fingerprint density at radius 2 is 2.33 bits per heavy atom. The molecule has 1 rings (SSSR count). The lowest BCUT2D eigenvalue weighted by atomic mass is 10.2. The summed E-state index contributed by atoms with van der Waals surface area (Å²) in [7, 11) is 0. The van der Waals surface area contributed by atoms with Crippen molar-refractivity contribution in [2.45, 2.75) is 12.5 Å². The Balaban J connectivity index is 2.63. The van der Waals surface area contributed by atoms with E-state index in [1.807, 2.05) is 12.1 Å². The Hall–Kier alpha value is -0.640. The van der Waals surface area contributed by atoms with Gasteiger partial charge in [0.15, 0.2) is 0 Å². The fraction of sp³-hybridized carbons (Fsp3) is 0.375. The molecule has 0 aromatic carbocycles. The van der Waals surface area contributed by atoms with E-state index in [9.17, 15) is 0 Å². The summed E-state index contributed by atoms with van der Waals surface area (Å²) in [5, 5.41) is 9.14. The van der Waals surface area contributed by atoms with Crippen LogP contribution in [0.5, 0.6) is 0 Å². The third-order valence-corrected chi connectivity index (χ3v) is 1.69. The quantitative estimate of drug-likeness (QED) is 0.680. The molecule has 12 heavy (non-hydrogen) atoms. The van der Waals surface area contributed by atoms with Gasteiger partial charge in [-0.3, -0.25) is 0 Å². The Morgan fingerprint density at radius 1 is 1.58 bits per heavy atom. The van der Waals surface area contributed by atoms with Gasteiger partial charge in [0.2, 0.25) is 0 Å². The number of hydrogen-bond acceptors (Lipinski definition) is 3. The minimum Gasteiger partial charge on any atom is -0.395 e. The van der Waals surface area contributed by atoms with Crippen LogP contribution < -0.4 is 5.73 Å². The van der Waals surface area contributed by atoms with Crippen molar-refractivity contribution in [3.8, 4) is 0 Å². The van der Waals surface area contributed by atoms with Gasteiger partial charge in [-0.15, -0.1) is 0 Å². The summed E-state index contributed by atoms with van der Waals surface area (Å²) in [6.45, 7) is -0.0335. The van der Waals surface area contributed by atoms with Crippen molar-refractivity contribution in [2.24, 2.45) is 5.73 Å². The Bertz CT molecular complexity index is 255. The lowest BCUT2D eigenvalue weighted by Crippen LogP contribution is -2.27. The van der Waals surface area contributed by atoms with Crippen LogP contribution in [0.2, 0.25) is 5.15 Å². The molecule has 0 saturated heterocycles. The Morgan fingerprint density at radius 3 is 2.92 bits per heavy atom. The predicted octanol–water partition coefficient (Wildman–Crippen LogP) is 0.597. The number of aliphatic hydroxyl groups excluding tert-OH is 1. The van der Waals surface area contributed by atoms with Gasteiger partial charge in [-0.25, -0.2) is 4.98 Å². The van der Waals surface area contributed by atoms with Crippen molar-refractivity contribution >= 4 is 11.6 Å². The minimum atomic E-state index is -0.254. The van der Waals surface area contributed by atoms with Gasteiger partial charge in [0.05, 0.1) is 6.61 Å². The lowest BCUT2D eigenvalue weighted by Gasteiger charge is -2.06. The second kappa shape index (κ2) is 4.40. The molecule has 0 saturated carbocycles. The standard InChI is InChI=1S/C8H11ClN2O/c9-8-3-1-2-7(11-8)4-6(10)5-12/h1-3,6,12H,4-5,10H2. The molecule has 0 fully saturated rings. The summed E-state index contributed by atoms with van der Waals surface area (Å²) in [5.41, 5.74) is 6.33. The van der Waals surface area contributed by atoms with E-state index in [1.54, 1.807) is 6.07 Å². The number of nitrogens with zero attached hydrogens (tertiary/aromatic N) is 1. The largest absolute Gasteiger partial charge is 0.395 e. The Kier molecular flexibility index (Phi) is 3.47. The van der Waals surface area contributed by atoms with Gasteiger partial charge in [0, 0.05) is 18.2 Å². The van der Waals surface area contributed by atoms with E-state index >= 15 is 0 Å². The maximum absolute atomic E-state index is 8.68. The number of hydrogen-bond donors (Lipinski definition) is 2. The van der Waals surface area contributed by atoms with E-state index < -0.39 is 0 Å². The molecular formula is C8H11ClN2O. The van der Waals surface area contributed by atoms with Crippen LogP contribution in [0.4, 0.5) is 0 Å². The topological polar surface area (TPSA) is 59.1 Å². The summed E-state index contributed by atoms with van der Waals surface area (Å²) in [6, 6.07) is 5.10. The SMILES string of the molecule is NC(CO)Cc1cccc(Cl)n1. The van der Waals surface area contributed by atoms with Crippen molar-refractivity contribution in [3.63, 3.8) is 0 Å². The van der Waals surface area contributed by atoms with Crippen LogP contribution in [0.25, 0.3) is 0 Å². The third kappa shape index (κ3) is 2.77. The highest BCUT2D eigenvalue weighted by atomic mass is 35.5. The predicted molar refractivity (Wildman–Crippen MR) is 48.0 cm³/mol. The molecule has 1 unspecified atom stereocenters. The van der Waals surface area contributed by atoms with E-state index in [4.69, 9.17) is 22.4 Å². The molecule has 0 aliphatic carbocycles. The highest BCUT2D eigenvalue weighted by Crippen LogP contribution is 2.06. The normalized spacial score (nSPS) is 12.9. The van der Waals surface area contributed by atoms with Gasteiger partial charge in [-0.05, 0) is 12.1 Å². The smallest absolute Gasteiger partial charge is 0.129 e. The van der Waals surface area contributed by atoms with Crippen molar-refractivity contribution in [2.75, 3.05) is 6.61 Å². The summed E-state index contributed by atoms with van der Waals surface area (Å²) in [6.07, 6.45) is 0.553. The van der Waals surface area contributed by atoms with Crippen molar-refractivity contribution in [3.05, 3.63) is 29.0 Å². The molecule has 0 radical (unpaired) electrons. The van der Waals surface area contributed by atoms with E-state index in [0.717, 1.165) is 5.69 Å². The molecule has 0 amide bonds. The zero-order valence-electron chi connectivity index (χ0n) is 6.57. The van der Waals surface area contributed by atoms with E-state index in [0.29, 0.717) is 11.6 Å². The van der Waals surface area contributed by atoms with Crippen LogP contribution in [-0.4, -0.2) is 22.7 Å². The molecule has 4 heteroatoms. The number of rotatable bonds is 3. The third-order valence-electron chi connectivity index (χ3n) is 1.48. The molecule has 66 valence electrons. The maximum atomic E-state index is 8.68. The average Bonchev–Trinajstić information content (AvgIpc) is 2.04. The second-order valence-electron chi connectivity index (χ2n) is 2.60. The Labute approximate surface area is 76.2 Å². The fourth-order valence-corrected chi connectivity index (χ4v) is 1.08. The molecule has 1 aromatic heterocycles. The van der Waals surface area contributed by atoms with Gasteiger partial charge >= 0.3 is 0 Å². The molecule has 0 aliphatic rings. The first kappa shape index (κ1) is 9.45. The maximum Gasteiger partial charge on any atom is 0.129 e. The number of nitrogens with two attached hydrogens (primary N) is 1. The zero-order chi connectivity index (χ0) is 8.97. The fourth-order valence-electron chi connectivity index (χ4n) is 0.897. The summed E-state index contributed by atoms with van der Waals surface area (Å²) in [4.78, 5) is 4.04. The van der Waals surface area contributed by atoms with Crippen LogP contribution in [0.1, 0.15) is 5.69 Å². The molecule has 1 heterocycles. The van der Waals surface area contributed by atoms with Crippen LogP contribution in [-0.2, 0) is 6.42 Å². The van der Waals surface area contributed by atoms with Crippen molar-refractivity contribution in [1.29, 1.82) is 0 Å². The second-order valence-corrected chi connectivity index (χ2v) is 2.99. The number of aliphatic hydroxyl groups is 1. The molecular weight excluding hydrogens is 176 g/mol. The first-order valence-corrected chi connectivity index (χ1v) is 4.08. The minimum absolute atomic E-state index is 0.0335. The van der Waals surface area contributed by atoms with Crippen LogP contribution in [0.15, 0.2) is 18.2 Å². The van der Waals surface area contributed by atoms with E-state index in [2.05, 4.69) is 4.98 Å². The highest BCUT2D eigenvalue weighted by Gasteiger charge is 2.03. The van der Waals surface area contributed by atoms with Gasteiger partial charge in [-0.1, -0.05) is 17.7 Å². The van der Waals surface area contributed by atoms with Gasteiger partial charge in [0.25, 0.3) is 0 Å². The van der Waals surface area contributed by atoms with E-state index in [-0.39, 0.29) is 12.6 Å². The number of aromatic nitrogens is 1. The number of halogens is 1. The number of pyridine rings is 1. The molecule has 3 nitrogen and oxygen atoms in total. The first-order chi connectivity index (χ1) is 5.72. The van der Waals surface area contributed by atoms with Crippen LogP contribution >= 0.6 is 11.6 Å².